The zero-order valence-corrected chi connectivity index (χ0v) is 33.8. The van der Waals surface area contributed by atoms with Crippen molar-refractivity contribution in [1.29, 1.82) is 0 Å². The van der Waals surface area contributed by atoms with E-state index in [0.717, 1.165) is 52.7 Å². The molecule has 62 heavy (non-hydrogen) atoms. The Kier molecular flexibility index (Phi) is 14.8. The Labute approximate surface area is 355 Å². The summed E-state index contributed by atoms with van der Waals surface area (Å²) in [5.41, 5.74) is -1.86. The number of ether oxygens (including phenoxy) is 6. The molecule has 2 aliphatic carbocycles. The molecular formula is C46H42O16. The minimum absolute atomic E-state index is 0.144. The van der Waals surface area contributed by atoms with E-state index in [-0.39, 0.29) is 33.8 Å². The molecule has 0 atom stereocenters. The second-order valence-corrected chi connectivity index (χ2v) is 14.4. The van der Waals surface area contributed by atoms with Crippen LogP contribution in [-0.4, -0.2) is 62.0 Å². The molecule has 2 fully saturated rings. The van der Waals surface area contributed by atoms with Gasteiger partial charge in [0.1, 0.15) is 22.6 Å². The Morgan fingerprint density at radius 3 is 1.11 bits per heavy atom. The monoisotopic (exact) mass is 850 g/mol. The summed E-state index contributed by atoms with van der Waals surface area (Å²) in [5.74, 6) is -8.25. The zero-order valence-electron chi connectivity index (χ0n) is 33.8. The third-order valence-corrected chi connectivity index (χ3v) is 10.4. The average Bonchev–Trinajstić information content (AvgIpc) is 3.31. The van der Waals surface area contributed by atoms with Crippen LogP contribution in [0.25, 0.3) is 0 Å². The van der Waals surface area contributed by atoms with Gasteiger partial charge in [-0.3, -0.25) is 19.2 Å². The van der Waals surface area contributed by atoms with E-state index in [0.29, 0.717) is 25.7 Å². The van der Waals surface area contributed by atoms with Crippen LogP contribution in [0.3, 0.4) is 0 Å². The highest BCUT2D eigenvalue weighted by atomic mass is 17.2. The molecule has 0 unspecified atom stereocenters. The van der Waals surface area contributed by atoms with E-state index >= 15 is 0 Å². The first-order valence-electron chi connectivity index (χ1n) is 19.9. The Hall–Kier alpha value is -7.36. The SMILES string of the molecule is COC(=O)Oc1ccccc1C(=O)c1cccc(C(=O)OOC(=O)c2cccc(C(=O)c3ccccc3OC(=O)OC)c2OC(=O)C2CCCCC2)c1OC(=O)C1CCCCC1. The molecule has 0 bridgehead atoms. The standard InChI is InChI=1S/C46H42O16/c1-55-45(53)57-35-25-11-9-19-29(35)37(47)31-21-13-23-33(39(31)59-41(49)27-15-5-3-6-16-27)43(51)61-62-44(52)34-24-14-22-32(40(34)60-42(50)28-17-7-4-8-18-28)38(48)30-20-10-12-26-36(30)58-46(54)56-2/h9-14,19-28H,3-8,15-18H2,1-2H3. The van der Waals surface area contributed by atoms with E-state index in [1.165, 1.54) is 84.9 Å². The topological polar surface area (TPSA) is 210 Å². The van der Waals surface area contributed by atoms with Crippen molar-refractivity contribution in [2.75, 3.05) is 14.2 Å². The summed E-state index contributed by atoms with van der Waals surface area (Å²) in [6.07, 6.45) is 4.77. The average molecular weight is 851 g/mol. The molecule has 0 saturated heterocycles. The summed E-state index contributed by atoms with van der Waals surface area (Å²) in [5, 5.41) is 0. The molecule has 0 N–H and O–H groups in total. The fraction of sp³-hybridized carbons (Fsp3) is 0.304. The number of methoxy groups -OCH3 is 2. The van der Waals surface area contributed by atoms with E-state index < -0.39 is 82.2 Å². The van der Waals surface area contributed by atoms with Crippen LogP contribution in [0.15, 0.2) is 84.9 Å². The van der Waals surface area contributed by atoms with Gasteiger partial charge in [-0.1, -0.05) is 74.9 Å². The van der Waals surface area contributed by atoms with Gasteiger partial charge in [-0.2, -0.15) is 0 Å². The van der Waals surface area contributed by atoms with Gasteiger partial charge in [0.2, 0.25) is 11.6 Å². The molecule has 322 valence electrons. The summed E-state index contributed by atoms with van der Waals surface area (Å²) in [4.78, 5) is 117. The van der Waals surface area contributed by atoms with Crippen LogP contribution in [0.5, 0.6) is 23.0 Å². The summed E-state index contributed by atoms with van der Waals surface area (Å²) < 4.78 is 31.1. The van der Waals surface area contributed by atoms with Crippen molar-refractivity contribution in [2.24, 2.45) is 11.8 Å². The van der Waals surface area contributed by atoms with Gasteiger partial charge >= 0.3 is 36.2 Å². The lowest BCUT2D eigenvalue weighted by molar-refractivity contribution is -0.187. The van der Waals surface area contributed by atoms with Crippen LogP contribution < -0.4 is 18.9 Å². The lowest BCUT2D eigenvalue weighted by atomic mass is 9.89. The quantitative estimate of drug-likeness (QED) is 0.0327. The number of hydrogen-bond acceptors (Lipinski definition) is 16. The Morgan fingerprint density at radius 1 is 0.403 bits per heavy atom. The molecule has 2 saturated carbocycles. The Bertz CT molecular complexity index is 2200. The van der Waals surface area contributed by atoms with Gasteiger partial charge in [-0.05, 0) is 74.2 Å². The molecule has 6 rings (SSSR count). The summed E-state index contributed by atoms with van der Waals surface area (Å²) >= 11 is 0. The summed E-state index contributed by atoms with van der Waals surface area (Å²) in [6, 6.07) is 18.9. The van der Waals surface area contributed by atoms with Crippen molar-refractivity contribution >= 4 is 47.8 Å². The molecule has 4 aromatic carbocycles. The fourth-order valence-corrected chi connectivity index (χ4v) is 7.22. The third-order valence-electron chi connectivity index (χ3n) is 10.4. The molecule has 4 aromatic rings. The van der Waals surface area contributed by atoms with Crippen molar-refractivity contribution in [3.8, 4) is 23.0 Å². The second-order valence-electron chi connectivity index (χ2n) is 14.4. The summed E-state index contributed by atoms with van der Waals surface area (Å²) in [7, 11) is 2.17. The minimum Gasteiger partial charge on any atom is -0.437 e. The highest BCUT2D eigenvalue weighted by molar-refractivity contribution is 6.15. The first kappa shape index (κ1) is 44.2. The van der Waals surface area contributed by atoms with Gasteiger partial charge in [-0.15, -0.1) is 0 Å². The number of hydrogen-bond donors (Lipinski definition) is 0. The van der Waals surface area contributed by atoms with Crippen LogP contribution in [-0.2, 0) is 28.8 Å². The molecular weight excluding hydrogens is 808 g/mol. The number of benzene rings is 4. The van der Waals surface area contributed by atoms with Gasteiger partial charge in [0.15, 0.2) is 11.5 Å². The van der Waals surface area contributed by atoms with E-state index in [9.17, 15) is 38.4 Å². The molecule has 16 nitrogen and oxygen atoms in total. The maximum atomic E-state index is 14.1. The van der Waals surface area contributed by atoms with Gasteiger partial charge in [0.25, 0.3) is 0 Å². The second kappa shape index (κ2) is 20.7. The van der Waals surface area contributed by atoms with Crippen molar-refractivity contribution in [3.63, 3.8) is 0 Å². The molecule has 16 heteroatoms. The largest absolute Gasteiger partial charge is 0.513 e. The fourth-order valence-electron chi connectivity index (χ4n) is 7.22. The molecule has 0 aliphatic heterocycles. The van der Waals surface area contributed by atoms with E-state index in [2.05, 4.69) is 9.47 Å². The van der Waals surface area contributed by atoms with Crippen molar-refractivity contribution < 1.29 is 76.6 Å². The lowest BCUT2D eigenvalue weighted by Crippen LogP contribution is -2.25. The van der Waals surface area contributed by atoms with E-state index in [4.69, 9.17) is 28.7 Å². The van der Waals surface area contributed by atoms with Gasteiger partial charge in [-0.25, -0.2) is 29.0 Å². The zero-order chi connectivity index (χ0) is 44.2. The van der Waals surface area contributed by atoms with Crippen LogP contribution in [0.1, 0.15) is 117 Å². The van der Waals surface area contributed by atoms with E-state index in [1.54, 1.807) is 0 Å². The van der Waals surface area contributed by atoms with Crippen LogP contribution >= 0.6 is 0 Å². The smallest absolute Gasteiger partial charge is 0.437 e. The van der Waals surface area contributed by atoms with Crippen molar-refractivity contribution in [3.05, 3.63) is 118 Å². The maximum Gasteiger partial charge on any atom is 0.513 e. The van der Waals surface area contributed by atoms with Crippen LogP contribution in [0, 0.1) is 11.8 Å². The molecule has 0 amide bonds. The normalized spacial score (nSPS) is 14.0. The minimum atomic E-state index is -1.37. The van der Waals surface area contributed by atoms with Gasteiger partial charge < -0.3 is 28.4 Å². The number of ketones is 2. The molecule has 2 aliphatic rings. The highest BCUT2D eigenvalue weighted by Gasteiger charge is 2.33. The molecule has 0 heterocycles. The number of rotatable bonds is 12. The number of para-hydroxylation sites is 4. The van der Waals surface area contributed by atoms with Crippen LogP contribution in [0.4, 0.5) is 9.59 Å². The van der Waals surface area contributed by atoms with Crippen molar-refractivity contribution in [2.45, 2.75) is 64.2 Å². The summed E-state index contributed by atoms with van der Waals surface area (Å²) in [6.45, 7) is 0. The number of esters is 2. The van der Waals surface area contributed by atoms with Gasteiger partial charge in [0.05, 0.1) is 48.3 Å². The van der Waals surface area contributed by atoms with E-state index in [1.807, 2.05) is 0 Å². The highest BCUT2D eigenvalue weighted by Crippen LogP contribution is 2.35. The Morgan fingerprint density at radius 2 is 0.742 bits per heavy atom. The third kappa shape index (κ3) is 10.5. The Balaban J connectivity index is 1.33. The first-order valence-corrected chi connectivity index (χ1v) is 19.9. The first-order chi connectivity index (χ1) is 30.0. The van der Waals surface area contributed by atoms with Crippen LogP contribution in [0.2, 0.25) is 0 Å². The number of carbonyl (C=O) groups is 8. The maximum absolute atomic E-state index is 14.1. The molecule has 0 aromatic heterocycles. The predicted molar refractivity (Wildman–Crippen MR) is 214 cm³/mol. The lowest BCUT2D eigenvalue weighted by Gasteiger charge is -2.21. The molecule has 0 spiro atoms. The van der Waals surface area contributed by atoms with Crippen molar-refractivity contribution in [1.82, 2.24) is 0 Å². The number of carbonyl (C=O) groups excluding carboxylic acids is 8. The molecule has 0 radical (unpaired) electrons. The van der Waals surface area contributed by atoms with Gasteiger partial charge in [0, 0.05) is 0 Å². The predicted octanol–water partition coefficient (Wildman–Crippen LogP) is 8.34.